The number of amides is 1. The topological polar surface area (TPSA) is 46.9 Å². The van der Waals surface area contributed by atoms with Crippen LogP contribution in [0.15, 0.2) is 48.0 Å². The molecule has 2 heterocycles. The van der Waals surface area contributed by atoms with E-state index < -0.39 is 0 Å². The van der Waals surface area contributed by atoms with Crippen molar-refractivity contribution in [1.82, 2.24) is 15.1 Å². The average Bonchev–Trinajstić information content (AvgIpc) is 3.18. The molecule has 2 aromatic heterocycles. The van der Waals surface area contributed by atoms with Crippen LogP contribution in [-0.4, -0.2) is 22.2 Å². The molecule has 4 nitrogen and oxygen atoms in total. The number of carbonyl (C=O) groups excluding carboxylic acids is 1. The van der Waals surface area contributed by atoms with Crippen LogP contribution in [0.1, 0.15) is 10.4 Å². The lowest BCUT2D eigenvalue weighted by Crippen LogP contribution is -2.27. The quantitative estimate of drug-likeness (QED) is 0.730. The van der Waals surface area contributed by atoms with E-state index in [2.05, 4.69) is 10.4 Å². The highest BCUT2D eigenvalue weighted by atomic mass is 35.5. The summed E-state index contributed by atoms with van der Waals surface area (Å²) in [6.07, 6.45) is 1.90. The van der Waals surface area contributed by atoms with Crippen LogP contribution in [0.3, 0.4) is 0 Å². The van der Waals surface area contributed by atoms with E-state index in [1.54, 1.807) is 34.2 Å². The zero-order valence-electron chi connectivity index (χ0n) is 12.0. The summed E-state index contributed by atoms with van der Waals surface area (Å²) in [6, 6.07) is 10.8. The van der Waals surface area contributed by atoms with E-state index >= 15 is 0 Å². The summed E-state index contributed by atoms with van der Waals surface area (Å²) in [5.74, 6) is -0.225. The van der Waals surface area contributed by atoms with Crippen LogP contribution >= 0.6 is 34.5 Å². The molecule has 0 saturated heterocycles. The van der Waals surface area contributed by atoms with Crippen molar-refractivity contribution in [3.63, 3.8) is 0 Å². The number of aromatic nitrogens is 2. The number of nitrogens with one attached hydrogen (secondary N) is 1. The SMILES string of the molecule is O=C(NCCn1ccc(-c2cccs2)n1)c1ccc(Cl)cc1Cl. The molecule has 1 amide bonds. The zero-order chi connectivity index (χ0) is 16.2. The number of hydrogen-bond acceptors (Lipinski definition) is 3. The minimum atomic E-state index is -0.225. The predicted molar refractivity (Wildman–Crippen MR) is 94.3 cm³/mol. The molecule has 0 radical (unpaired) electrons. The number of benzene rings is 1. The monoisotopic (exact) mass is 365 g/mol. The summed E-state index contributed by atoms with van der Waals surface area (Å²) >= 11 is 13.5. The molecule has 0 aliphatic carbocycles. The molecule has 3 aromatic rings. The van der Waals surface area contributed by atoms with E-state index in [1.165, 1.54) is 0 Å². The third-order valence-corrected chi connectivity index (χ3v) is 4.66. The summed E-state index contributed by atoms with van der Waals surface area (Å²) in [6.45, 7) is 1.05. The normalized spacial score (nSPS) is 10.7. The Labute approximate surface area is 147 Å². The Kier molecular flexibility index (Phi) is 5.00. The van der Waals surface area contributed by atoms with Crippen molar-refractivity contribution in [3.05, 3.63) is 63.6 Å². The lowest BCUT2D eigenvalue weighted by molar-refractivity contribution is 0.0952. The van der Waals surface area contributed by atoms with Gasteiger partial charge in [-0.1, -0.05) is 29.3 Å². The Morgan fingerprint density at radius 2 is 2.13 bits per heavy atom. The summed E-state index contributed by atoms with van der Waals surface area (Å²) < 4.78 is 1.80. The molecule has 0 aliphatic rings. The Hall–Kier alpha value is -1.82. The molecule has 1 N–H and O–H groups in total. The Morgan fingerprint density at radius 3 is 2.87 bits per heavy atom. The first-order valence-corrected chi connectivity index (χ1v) is 8.57. The average molecular weight is 366 g/mol. The number of carbonyl (C=O) groups is 1. The highest BCUT2D eigenvalue weighted by Crippen LogP contribution is 2.22. The van der Waals surface area contributed by atoms with Crippen molar-refractivity contribution >= 4 is 40.4 Å². The first-order chi connectivity index (χ1) is 11.1. The Bertz CT molecular complexity index is 815. The Balaban J connectivity index is 1.56. The third-order valence-electron chi connectivity index (χ3n) is 3.22. The smallest absolute Gasteiger partial charge is 0.252 e. The molecule has 3 rings (SSSR count). The van der Waals surface area contributed by atoms with Gasteiger partial charge in [0.05, 0.1) is 22.0 Å². The molecule has 0 atom stereocenters. The third kappa shape index (κ3) is 3.93. The van der Waals surface area contributed by atoms with Crippen LogP contribution in [0.25, 0.3) is 10.6 Å². The highest BCUT2D eigenvalue weighted by molar-refractivity contribution is 7.13. The van der Waals surface area contributed by atoms with Crippen molar-refractivity contribution in [2.24, 2.45) is 0 Å². The van der Waals surface area contributed by atoms with Gasteiger partial charge in [-0.2, -0.15) is 5.10 Å². The molecule has 0 spiro atoms. The van der Waals surface area contributed by atoms with Crippen LogP contribution in [-0.2, 0) is 6.54 Å². The number of halogens is 2. The first kappa shape index (κ1) is 16.1. The van der Waals surface area contributed by atoms with Crippen molar-refractivity contribution in [2.75, 3.05) is 6.54 Å². The van der Waals surface area contributed by atoms with E-state index in [1.807, 2.05) is 29.8 Å². The van der Waals surface area contributed by atoms with Gasteiger partial charge in [-0.3, -0.25) is 9.48 Å². The Morgan fingerprint density at radius 1 is 1.26 bits per heavy atom. The number of hydrogen-bond donors (Lipinski definition) is 1. The fraction of sp³-hybridized carbons (Fsp3) is 0.125. The maximum atomic E-state index is 12.1. The van der Waals surface area contributed by atoms with Gasteiger partial charge in [-0.05, 0) is 35.7 Å². The molecule has 1 aromatic carbocycles. The van der Waals surface area contributed by atoms with Gasteiger partial charge in [0.1, 0.15) is 5.69 Å². The standard InChI is InChI=1S/C16H13Cl2N3OS/c17-11-3-4-12(13(18)10-11)16(22)19-6-8-21-7-5-14(20-21)15-2-1-9-23-15/h1-5,7,9-10H,6,8H2,(H,19,22). The molecule has 0 unspecified atom stereocenters. The second-order valence-electron chi connectivity index (χ2n) is 4.82. The second kappa shape index (κ2) is 7.17. The number of nitrogens with zero attached hydrogens (tertiary/aromatic N) is 2. The van der Waals surface area contributed by atoms with E-state index in [-0.39, 0.29) is 5.91 Å². The first-order valence-electron chi connectivity index (χ1n) is 6.94. The van der Waals surface area contributed by atoms with Crippen molar-refractivity contribution < 1.29 is 4.79 Å². The van der Waals surface area contributed by atoms with Crippen LogP contribution < -0.4 is 5.32 Å². The molecular formula is C16H13Cl2N3OS. The zero-order valence-corrected chi connectivity index (χ0v) is 14.3. The molecule has 0 bridgehead atoms. The van der Waals surface area contributed by atoms with Gasteiger partial charge >= 0.3 is 0 Å². The van der Waals surface area contributed by atoms with E-state index in [0.29, 0.717) is 28.7 Å². The van der Waals surface area contributed by atoms with Gasteiger partial charge in [0.2, 0.25) is 0 Å². The maximum Gasteiger partial charge on any atom is 0.252 e. The fourth-order valence-corrected chi connectivity index (χ4v) is 3.28. The summed E-state index contributed by atoms with van der Waals surface area (Å²) in [5, 5.41) is 10.2. The molecule has 0 aliphatic heterocycles. The van der Waals surface area contributed by atoms with Crippen molar-refractivity contribution in [2.45, 2.75) is 6.54 Å². The van der Waals surface area contributed by atoms with Crippen LogP contribution in [0.4, 0.5) is 0 Å². The van der Waals surface area contributed by atoms with Gasteiger partial charge in [-0.25, -0.2) is 0 Å². The predicted octanol–water partition coefficient (Wildman–Crippen LogP) is 4.35. The van der Waals surface area contributed by atoms with Crippen LogP contribution in [0.5, 0.6) is 0 Å². The molecule has 118 valence electrons. The summed E-state index contributed by atoms with van der Waals surface area (Å²) in [7, 11) is 0. The van der Waals surface area contributed by atoms with Gasteiger partial charge in [-0.15, -0.1) is 11.3 Å². The highest BCUT2D eigenvalue weighted by Gasteiger charge is 2.10. The van der Waals surface area contributed by atoms with E-state index in [4.69, 9.17) is 23.2 Å². The maximum absolute atomic E-state index is 12.1. The summed E-state index contributed by atoms with van der Waals surface area (Å²) in [4.78, 5) is 13.2. The molecule has 0 saturated carbocycles. The summed E-state index contributed by atoms with van der Waals surface area (Å²) in [5.41, 5.74) is 1.35. The number of thiophene rings is 1. The fourth-order valence-electron chi connectivity index (χ4n) is 2.09. The minimum Gasteiger partial charge on any atom is -0.350 e. The number of rotatable bonds is 5. The van der Waals surface area contributed by atoms with Gasteiger partial charge in [0.25, 0.3) is 5.91 Å². The van der Waals surface area contributed by atoms with E-state index in [9.17, 15) is 4.79 Å². The van der Waals surface area contributed by atoms with Crippen LogP contribution in [0, 0.1) is 0 Å². The molecular weight excluding hydrogens is 353 g/mol. The van der Waals surface area contributed by atoms with Crippen molar-refractivity contribution in [1.29, 1.82) is 0 Å². The lowest BCUT2D eigenvalue weighted by atomic mass is 10.2. The molecule has 23 heavy (non-hydrogen) atoms. The van der Waals surface area contributed by atoms with Crippen LogP contribution in [0.2, 0.25) is 10.0 Å². The molecule has 0 fully saturated rings. The second-order valence-corrected chi connectivity index (χ2v) is 6.61. The van der Waals surface area contributed by atoms with Gasteiger partial charge in [0.15, 0.2) is 0 Å². The lowest BCUT2D eigenvalue weighted by Gasteiger charge is -2.07. The minimum absolute atomic E-state index is 0.225. The van der Waals surface area contributed by atoms with Gasteiger partial charge < -0.3 is 5.32 Å². The van der Waals surface area contributed by atoms with Crippen molar-refractivity contribution in [3.8, 4) is 10.6 Å². The molecule has 7 heteroatoms. The van der Waals surface area contributed by atoms with E-state index in [0.717, 1.165) is 10.6 Å². The largest absolute Gasteiger partial charge is 0.350 e. The van der Waals surface area contributed by atoms with Gasteiger partial charge in [0, 0.05) is 17.8 Å².